The average Bonchev–Trinajstić information content (AvgIpc) is 3.75. The molecule has 1 saturated carbocycles. The summed E-state index contributed by atoms with van der Waals surface area (Å²) < 4.78 is 39.6. The first kappa shape index (κ1) is 30.2. The lowest BCUT2D eigenvalue weighted by Gasteiger charge is -2.31. The maximum atomic E-state index is 14.1. The van der Waals surface area contributed by atoms with E-state index in [-0.39, 0.29) is 29.6 Å². The first-order chi connectivity index (χ1) is 20.3. The minimum absolute atomic E-state index is 0.0405. The summed E-state index contributed by atoms with van der Waals surface area (Å²) in [5.74, 6) is 0.579. The van der Waals surface area contributed by atoms with E-state index in [4.69, 9.17) is 19.6 Å². The number of rotatable bonds is 14. The molecule has 42 heavy (non-hydrogen) atoms. The number of ether oxygens (including phenoxy) is 2. The molecule has 3 aromatic rings. The number of aliphatic hydroxyl groups excluding tert-OH is 1. The van der Waals surface area contributed by atoms with E-state index in [9.17, 15) is 13.2 Å². The lowest BCUT2D eigenvalue weighted by atomic mass is 9.85. The maximum Gasteiger partial charge on any atom is 0.266 e. The number of hydrogen-bond acceptors (Lipinski definition) is 8. The number of hydrazine groups is 1. The molecule has 0 bridgehead atoms. The molecular weight excluding hydrogens is 622 g/mol. The van der Waals surface area contributed by atoms with E-state index < -0.39 is 27.4 Å². The first-order valence-corrected chi connectivity index (χ1v) is 16.4. The molecule has 0 spiro atoms. The van der Waals surface area contributed by atoms with E-state index >= 15 is 0 Å². The zero-order valence-corrected chi connectivity index (χ0v) is 25.4. The Bertz CT molecular complexity index is 1510. The number of nitrogens with one attached hydrogen (secondary N) is 2. The lowest BCUT2D eigenvalue weighted by molar-refractivity contribution is -0.130. The van der Waals surface area contributed by atoms with Crippen molar-refractivity contribution in [3.8, 4) is 5.75 Å². The highest BCUT2D eigenvalue weighted by Crippen LogP contribution is 2.45. The fourth-order valence-electron chi connectivity index (χ4n) is 4.78. The van der Waals surface area contributed by atoms with Gasteiger partial charge in [-0.15, -0.1) is 0 Å². The van der Waals surface area contributed by atoms with Crippen molar-refractivity contribution >= 4 is 37.6 Å². The van der Waals surface area contributed by atoms with Gasteiger partial charge in [0.25, 0.3) is 5.91 Å². The van der Waals surface area contributed by atoms with E-state index in [2.05, 4.69) is 26.8 Å². The minimum Gasteiger partial charge on any atom is -0.494 e. The Balaban J connectivity index is 1.52. The Morgan fingerprint density at radius 2 is 1.76 bits per heavy atom. The highest BCUT2D eigenvalue weighted by Gasteiger charge is 2.54. The second-order valence-electron chi connectivity index (χ2n) is 10.5. The summed E-state index contributed by atoms with van der Waals surface area (Å²) >= 11 is 3.60. The van der Waals surface area contributed by atoms with E-state index in [0.29, 0.717) is 46.8 Å². The van der Waals surface area contributed by atoms with Gasteiger partial charge in [-0.05, 0) is 61.2 Å². The van der Waals surface area contributed by atoms with Crippen LogP contribution in [0.1, 0.15) is 42.9 Å². The molecule has 0 radical (unpaired) electrons. The van der Waals surface area contributed by atoms with Gasteiger partial charge in [0, 0.05) is 41.6 Å². The Morgan fingerprint density at radius 1 is 1.05 bits per heavy atom. The molecule has 1 heterocycles. The smallest absolute Gasteiger partial charge is 0.266 e. The van der Waals surface area contributed by atoms with Crippen molar-refractivity contribution in [1.82, 2.24) is 10.9 Å². The number of aliphatic imine (C=N–C) groups is 1. The van der Waals surface area contributed by atoms with Gasteiger partial charge in [0.15, 0.2) is 21.5 Å². The molecule has 3 aromatic carbocycles. The number of amides is 1. The molecule has 9 nitrogen and oxygen atoms in total. The summed E-state index contributed by atoms with van der Waals surface area (Å²) in [4.78, 5) is 19.2. The molecule has 11 heteroatoms. The summed E-state index contributed by atoms with van der Waals surface area (Å²) in [6.45, 7) is 1.04. The van der Waals surface area contributed by atoms with E-state index in [1.165, 1.54) is 0 Å². The third-order valence-corrected chi connectivity index (χ3v) is 9.82. The van der Waals surface area contributed by atoms with E-state index in [1.54, 1.807) is 54.6 Å². The van der Waals surface area contributed by atoms with Crippen molar-refractivity contribution < 1.29 is 27.8 Å². The molecule has 0 aromatic heterocycles. The zero-order valence-electron chi connectivity index (χ0n) is 23.0. The van der Waals surface area contributed by atoms with Crippen LogP contribution in [-0.4, -0.2) is 56.4 Å². The molecule has 1 amide bonds. The summed E-state index contributed by atoms with van der Waals surface area (Å²) in [5.41, 5.74) is 5.55. The van der Waals surface area contributed by atoms with Gasteiger partial charge in [-0.25, -0.2) is 18.8 Å². The van der Waals surface area contributed by atoms with Crippen LogP contribution in [0.4, 0.5) is 0 Å². The first-order valence-electron chi connectivity index (χ1n) is 14.0. The number of carbonyl (C=O) groups is 1. The Kier molecular flexibility index (Phi) is 9.62. The molecule has 1 aliphatic heterocycles. The number of aliphatic hydroxyl groups is 1. The molecule has 3 N–H and O–H groups in total. The van der Waals surface area contributed by atoms with Crippen LogP contribution in [0.3, 0.4) is 0 Å². The SMILES string of the molecule is O=C(NNCC1CC1)[C@@]1(CCS(=O)(=O)c2ccccc2)N=C(c2ccc(OCCCO)cc2)O[C@H]1c1ccccc1Br. The fourth-order valence-corrected chi connectivity index (χ4v) is 6.66. The normalized spacial score (nSPS) is 20.0. The van der Waals surface area contributed by atoms with E-state index in [1.807, 2.05) is 24.3 Å². The van der Waals surface area contributed by atoms with Gasteiger partial charge in [0.2, 0.25) is 5.90 Å². The maximum absolute atomic E-state index is 14.1. The number of hydrogen-bond donors (Lipinski definition) is 3. The Morgan fingerprint density at radius 3 is 2.45 bits per heavy atom. The van der Waals surface area contributed by atoms with Gasteiger partial charge >= 0.3 is 0 Å². The Hall–Kier alpha value is -3.25. The van der Waals surface area contributed by atoms with Crippen molar-refractivity contribution in [2.45, 2.75) is 42.2 Å². The fraction of sp³-hybridized carbons (Fsp3) is 0.355. The van der Waals surface area contributed by atoms with Crippen LogP contribution in [0.5, 0.6) is 5.75 Å². The number of carbonyl (C=O) groups excluding carboxylic acids is 1. The van der Waals surface area contributed by atoms with Crippen molar-refractivity contribution in [1.29, 1.82) is 0 Å². The van der Waals surface area contributed by atoms with Gasteiger partial charge in [0.05, 0.1) is 17.3 Å². The standard InChI is InChI=1S/C31H34BrN3O6S/c32-27-10-5-4-9-26(27)28-31(30(37)35-33-21-22-11-12-22,17-20-42(38,39)25-7-2-1-3-8-25)34-29(41-28)23-13-15-24(16-14-23)40-19-6-18-36/h1-5,7-10,13-16,22,28,33,36H,6,11-12,17-21H2,(H,35,37)/t28-,31-/m0/s1. The molecule has 2 aliphatic rings. The van der Waals surface area contributed by atoms with Crippen LogP contribution in [0.25, 0.3) is 0 Å². The predicted molar refractivity (Wildman–Crippen MR) is 163 cm³/mol. The topological polar surface area (TPSA) is 126 Å². The van der Waals surface area contributed by atoms with Crippen molar-refractivity contribution in [3.05, 3.63) is 94.5 Å². The summed E-state index contributed by atoms with van der Waals surface area (Å²) in [6, 6.07) is 22.7. The second kappa shape index (κ2) is 13.4. The van der Waals surface area contributed by atoms with Gasteiger partial charge in [0.1, 0.15) is 5.75 Å². The molecule has 1 aliphatic carbocycles. The average molecular weight is 657 g/mol. The van der Waals surface area contributed by atoms with Crippen LogP contribution in [0.15, 0.2) is 93.2 Å². The number of nitrogens with zero attached hydrogens (tertiary/aromatic N) is 1. The van der Waals surface area contributed by atoms with Gasteiger partial charge < -0.3 is 14.6 Å². The lowest BCUT2D eigenvalue weighted by Crippen LogP contribution is -2.53. The van der Waals surface area contributed by atoms with Crippen molar-refractivity contribution in [3.63, 3.8) is 0 Å². The van der Waals surface area contributed by atoms with Crippen LogP contribution < -0.4 is 15.6 Å². The molecule has 1 fully saturated rings. The van der Waals surface area contributed by atoms with Crippen LogP contribution in [0, 0.1) is 5.92 Å². The quantitative estimate of drug-likeness (QED) is 0.174. The third kappa shape index (κ3) is 7.03. The zero-order chi connectivity index (χ0) is 29.6. The molecule has 2 atom stereocenters. The summed E-state index contributed by atoms with van der Waals surface area (Å²) in [7, 11) is -3.73. The molecule has 222 valence electrons. The molecule has 0 unspecified atom stereocenters. The molecule has 5 rings (SSSR count). The van der Waals surface area contributed by atoms with Crippen molar-refractivity contribution in [2.75, 3.05) is 25.5 Å². The monoisotopic (exact) mass is 655 g/mol. The van der Waals surface area contributed by atoms with Crippen LogP contribution >= 0.6 is 15.9 Å². The summed E-state index contributed by atoms with van der Waals surface area (Å²) in [6.07, 6.45) is 1.71. The number of halogens is 1. The number of benzene rings is 3. The van der Waals surface area contributed by atoms with Gasteiger partial charge in [-0.2, -0.15) is 0 Å². The van der Waals surface area contributed by atoms with E-state index in [0.717, 1.165) is 12.8 Å². The predicted octanol–water partition coefficient (Wildman–Crippen LogP) is 4.36. The number of sulfone groups is 1. The third-order valence-electron chi connectivity index (χ3n) is 7.36. The minimum atomic E-state index is -3.73. The van der Waals surface area contributed by atoms with Crippen LogP contribution in [0.2, 0.25) is 0 Å². The van der Waals surface area contributed by atoms with Gasteiger partial charge in [-0.3, -0.25) is 10.2 Å². The largest absolute Gasteiger partial charge is 0.494 e. The van der Waals surface area contributed by atoms with Crippen molar-refractivity contribution in [2.24, 2.45) is 10.9 Å². The van der Waals surface area contributed by atoms with Gasteiger partial charge in [-0.1, -0.05) is 52.3 Å². The molecular formula is C31H34BrN3O6S. The highest BCUT2D eigenvalue weighted by molar-refractivity contribution is 9.10. The second-order valence-corrected chi connectivity index (χ2v) is 13.4. The summed E-state index contributed by atoms with van der Waals surface area (Å²) in [5, 5.41) is 9.02. The molecule has 0 saturated heterocycles. The van der Waals surface area contributed by atoms with Crippen LogP contribution in [-0.2, 0) is 19.4 Å². The Labute approximate surface area is 254 Å². The highest BCUT2D eigenvalue weighted by atomic mass is 79.9.